The molecule has 0 saturated heterocycles. The zero-order chi connectivity index (χ0) is 19.6. The highest BCUT2D eigenvalue weighted by molar-refractivity contribution is 5.97. The van der Waals surface area contributed by atoms with Crippen LogP contribution in [0.2, 0.25) is 0 Å². The highest BCUT2D eigenvalue weighted by Crippen LogP contribution is 2.30. The van der Waals surface area contributed by atoms with Gasteiger partial charge in [-0.25, -0.2) is 0 Å². The lowest BCUT2D eigenvalue weighted by atomic mass is 10.1. The zero-order valence-electron chi connectivity index (χ0n) is 14.4. The molecule has 0 atom stereocenters. The van der Waals surface area contributed by atoms with Gasteiger partial charge in [0, 0.05) is 42.6 Å². The Kier molecular flexibility index (Phi) is 4.98. The van der Waals surface area contributed by atoms with Gasteiger partial charge >= 0.3 is 6.18 Å². The van der Waals surface area contributed by atoms with E-state index in [2.05, 4.69) is 9.97 Å². The number of fused-ring (bicyclic) bond motifs is 1. The number of hydrogen-bond donors (Lipinski definition) is 1. The minimum Gasteiger partial charge on any atom is -0.360 e. The molecule has 27 heavy (non-hydrogen) atoms. The van der Waals surface area contributed by atoms with Gasteiger partial charge in [0.1, 0.15) is 5.56 Å². The van der Waals surface area contributed by atoms with Crippen LogP contribution >= 0.6 is 0 Å². The van der Waals surface area contributed by atoms with Gasteiger partial charge in [-0.1, -0.05) is 6.07 Å². The minimum absolute atomic E-state index is 0.173. The van der Waals surface area contributed by atoms with E-state index in [1.54, 1.807) is 31.5 Å². The summed E-state index contributed by atoms with van der Waals surface area (Å²) in [6, 6.07) is 6.36. The van der Waals surface area contributed by atoms with Gasteiger partial charge in [0.2, 0.25) is 5.43 Å². The quantitative estimate of drug-likeness (QED) is 0.758. The van der Waals surface area contributed by atoms with Crippen molar-refractivity contribution in [3.05, 3.63) is 75.8 Å². The molecule has 3 rings (SSSR count). The summed E-state index contributed by atoms with van der Waals surface area (Å²) in [4.78, 5) is 33.6. The number of carbonyl (C=O) groups excluding carboxylic acids is 1. The third kappa shape index (κ3) is 3.84. The Hall–Kier alpha value is -3.16. The zero-order valence-corrected chi connectivity index (χ0v) is 14.4. The number of benzene rings is 1. The number of amides is 1. The molecule has 140 valence electrons. The second kappa shape index (κ2) is 7.22. The molecule has 0 unspecified atom stereocenters. The Bertz CT molecular complexity index is 1030. The molecule has 8 heteroatoms. The highest BCUT2D eigenvalue weighted by atomic mass is 19.4. The first kappa shape index (κ1) is 18.6. The highest BCUT2D eigenvalue weighted by Gasteiger charge is 2.31. The molecule has 0 radical (unpaired) electrons. The average Bonchev–Trinajstić information content (AvgIpc) is 2.66. The maximum atomic E-state index is 12.9. The van der Waals surface area contributed by atoms with Crippen LogP contribution in [0.1, 0.15) is 28.4 Å². The van der Waals surface area contributed by atoms with Crippen LogP contribution in [0.5, 0.6) is 0 Å². The number of H-pyrrole nitrogens is 1. The number of halogens is 3. The predicted molar refractivity (Wildman–Crippen MR) is 94.2 cm³/mol. The van der Waals surface area contributed by atoms with E-state index in [4.69, 9.17) is 0 Å². The molecule has 2 aromatic heterocycles. The molecule has 0 saturated carbocycles. The Labute approximate surface area is 152 Å². The van der Waals surface area contributed by atoms with E-state index in [1.165, 1.54) is 17.2 Å². The fourth-order valence-corrected chi connectivity index (χ4v) is 2.76. The number of hydrogen-bond acceptors (Lipinski definition) is 3. The summed E-state index contributed by atoms with van der Waals surface area (Å²) < 4.78 is 38.8. The topological polar surface area (TPSA) is 66.1 Å². The van der Waals surface area contributed by atoms with Gasteiger partial charge in [-0.2, -0.15) is 13.2 Å². The van der Waals surface area contributed by atoms with E-state index in [1.807, 2.05) is 0 Å². The van der Waals surface area contributed by atoms with Gasteiger partial charge in [0.15, 0.2) is 0 Å². The van der Waals surface area contributed by atoms with Gasteiger partial charge in [0.25, 0.3) is 5.91 Å². The summed E-state index contributed by atoms with van der Waals surface area (Å²) in [7, 11) is 0. The first-order valence-electron chi connectivity index (χ1n) is 8.22. The van der Waals surface area contributed by atoms with Crippen molar-refractivity contribution >= 4 is 16.8 Å². The summed E-state index contributed by atoms with van der Waals surface area (Å²) in [5, 5.41) is -0.173. The standard InChI is InChI=1S/C19H16F3N3O2/c1-2-25(11-12-4-3-7-23-9-12)18(27)15-10-24-16-6-5-13(19(20,21)22)8-14(16)17(15)26/h3-10H,2,11H2,1H3,(H,24,26). The fourth-order valence-electron chi connectivity index (χ4n) is 2.76. The molecule has 0 aliphatic heterocycles. The van der Waals surface area contributed by atoms with Crippen LogP contribution in [0.3, 0.4) is 0 Å². The van der Waals surface area contributed by atoms with Crippen LogP contribution in [0, 0.1) is 0 Å². The number of rotatable bonds is 4. The van der Waals surface area contributed by atoms with Crippen molar-refractivity contribution in [1.29, 1.82) is 0 Å². The van der Waals surface area contributed by atoms with E-state index in [-0.39, 0.29) is 23.0 Å². The summed E-state index contributed by atoms with van der Waals surface area (Å²) in [5.41, 5.74) is -0.853. The molecule has 0 fully saturated rings. The van der Waals surface area contributed by atoms with Gasteiger partial charge in [-0.15, -0.1) is 0 Å². The largest absolute Gasteiger partial charge is 0.416 e. The lowest BCUT2D eigenvalue weighted by Crippen LogP contribution is -2.34. The molecule has 1 N–H and O–H groups in total. The maximum absolute atomic E-state index is 12.9. The second-order valence-electron chi connectivity index (χ2n) is 5.97. The third-order valence-electron chi connectivity index (χ3n) is 4.20. The number of aromatic amines is 1. The molecule has 5 nitrogen and oxygen atoms in total. The number of alkyl halides is 3. The van der Waals surface area contributed by atoms with E-state index >= 15 is 0 Å². The normalized spacial score (nSPS) is 11.6. The molecule has 0 spiro atoms. The molecule has 1 amide bonds. The molecule has 0 aliphatic rings. The van der Waals surface area contributed by atoms with E-state index in [0.717, 1.165) is 17.7 Å². The SMILES string of the molecule is CCN(Cc1cccnc1)C(=O)c1c[nH]c2ccc(C(F)(F)F)cc2c1=O. The summed E-state index contributed by atoms with van der Waals surface area (Å²) in [6.45, 7) is 2.32. The van der Waals surface area contributed by atoms with Crippen molar-refractivity contribution in [3.8, 4) is 0 Å². The number of pyridine rings is 2. The number of nitrogens with zero attached hydrogens (tertiary/aromatic N) is 2. The van der Waals surface area contributed by atoms with Crippen LogP contribution in [-0.2, 0) is 12.7 Å². The van der Waals surface area contributed by atoms with Crippen molar-refractivity contribution in [2.45, 2.75) is 19.6 Å². The lowest BCUT2D eigenvalue weighted by molar-refractivity contribution is -0.137. The minimum atomic E-state index is -4.57. The van der Waals surface area contributed by atoms with Crippen molar-refractivity contribution in [3.63, 3.8) is 0 Å². The molecule has 0 aliphatic carbocycles. The summed E-state index contributed by atoms with van der Waals surface area (Å²) in [6.07, 6.45) is -0.118. The Morgan fingerprint density at radius 1 is 1.26 bits per heavy atom. The molecular weight excluding hydrogens is 359 g/mol. The molecule has 0 bridgehead atoms. The van der Waals surface area contributed by atoms with Gasteiger partial charge < -0.3 is 9.88 Å². The first-order valence-corrected chi connectivity index (χ1v) is 8.22. The van der Waals surface area contributed by atoms with Crippen molar-refractivity contribution in [2.75, 3.05) is 6.54 Å². The van der Waals surface area contributed by atoms with Crippen molar-refractivity contribution in [1.82, 2.24) is 14.9 Å². The van der Waals surface area contributed by atoms with E-state index in [9.17, 15) is 22.8 Å². The number of nitrogens with one attached hydrogen (secondary N) is 1. The van der Waals surface area contributed by atoms with Crippen molar-refractivity contribution in [2.24, 2.45) is 0 Å². The van der Waals surface area contributed by atoms with E-state index < -0.39 is 23.1 Å². The fraction of sp³-hybridized carbons (Fsp3) is 0.211. The Morgan fingerprint density at radius 3 is 2.67 bits per heavy atom. The lowest BCUT2D eigenvalue weighted by Gasteiger charge is -2.20. The molecule has 2 heterocycles. The van der Waals surface area contributed by atoms with Gasteiger partial charge in [0.05, 0.1) is 5.56 Å². The van der Waals surface area contributed by atoms with Gasteiger partial charge in [-0.05, 0) is 36.8 Å². The van der Waals surface area contributed by atoms with Crippen LogP contribution < -0.4 is 5.43 Å². The average molecular weight is 375 g/mol. The third-order valence-corrected chi connectivity index (χ3v) is 4.20. The number of carbonyl (C=O) groups is 1. The van der Waals surface area contributed by atoms with Crippen molar-refractivity contribution < 1.29 is 18.0 Å². The second-order valence-corrected chi connectivity index (χ2v) is 5.97. The van der Waals surface area contributed by atoms with Crippen LogP contribution in [-0.4, -0.2) is 27.3 Å². The van der Waals surface area contributed by atoms with Crippen LogP contribution in [0.15, 0.2) is 53.7 Å². The van der Waals surface area contributed by atoms with Crippen LogP contribution in [0.4, 0.5) is 13.2 Å². The van der Waals surface area contributed by atoms with E-state index in [0.29, 0.717) is 6.54 Å². The smallest absolute Gasteiger partial charge is 0.360 e. The monoisotopic (exact) mass is 375 g/mol. The first-order chi connectivity index (χ1) is 12.8. The predicted octanol–water partition coefficient (Wildman–Crippen LogP) is 3.60. The Morgan fingerprint density at radius 2 is 2.04 bits per heavy atom. The summed E-state index contributed by atoms with van der Waals surface area (Å²) in [5.74, 6) is -0.554. The molecule has 3 aromatic rings. The number of aromatic nitrogens is 2. The van der Waals surface area contributed by atoms with Gasteiger partial charge in [-0.3, -0.25) is 14.6 Å². The maximum Gasteiger partial charge on any atom is 0.416 e. The molecule has 1 aromatic carbocycles. The summed E-state index contributed by atoms with van der Waals surface area (Å²) >= 11 is 0. The Balaban J connectivity index is 2.01. The molecular formula is C19H16F3N3O2. The van der Waals surface area contributed by atoms with Crippen LogP contribution in [0.25, 0.3) is 10.9 Å².